The van der Waals surface area contributed by atoms with Crippen LogP contribution >= 0.6 is 92.8 Å². The lowest BCUT2D eigenvalue weighted by molar-refractivity contribution is 0.415. The fraction of sp³-hybridized carbons (Fsp3) is 0.100. The minimum absolute atomic E-state index is 0.214. The van der Waals surface area contributed by atoms with Crippen LogP contribution in [0.15, 0.2) is 109 Å². The number of methoxy groups -OCH3 is 1. The molecule has 0 atom stereocenters. The summed E-state index contributed by atoms with van der Waals surface area (Å²) in [5.74, 6) is 0.801. The van der Waals surface area contributed by atoms with Gasteiger partial charge in [0, 0.05) is 43.9 Å². The van der Waals surface area contributed by atoms with E-state index >= 15 is 0 Å². The number of nitrogen functional groups attached to an aromatic ring is 6. The minimum atomic E-state index is 0.214. The summed E-state index contributed by atoms with van der Waals surface area (Å²) in [4.78, 5) is 0. The van der Waals surface area contributed by atoms with Gasteiger partial charge < -0.3 is 39.1 Å². The van der Waals surface area contributed by atoms with E-state index in [1.54, 1.807) is 49.6 Å². The van der Waals surface area contributed by atoms with Crippen LogP contribution in [0.5, 0.6) is 5.75 Å². The highest BCUT2D eigenvalue weighted by molar-refractivity contribution is 6.49. The molecule has 294 valence electrons. The standard InChI is InChI=1S/C8H11N.C7H9NO.C7H9N.C6H3Cl4N.2C6H5Cl2N/c1-6-3-4-8(9)5-7(6)2;1-9-7-4-2-3-6(8)5-7;1-6-3-2-4-7(8)5-6;7-2-1-3(8)5(10)6(11)4(2)9;7-4-1-5(8)3-6(9)2-4;7-4-1-2-6(9)5(8)3-4/h3-5H,9H2,1-2H3;2-5H,8H2,1H3;2-5H,8H2,1H3;1H,11H2;2*1-3H,9H2. The molecule has 6 rings (SSSR count). The van der Waals surface area contributed by atoms with Crippen molar-refractivity contribution >= 4 is 127 Å². The molecule has 0 spiro atoms. The zero-order valence-electron chi connectivity index (χ0n) is 30.3. The number of aryl methyl sites for hydroxylation is 3. The highest BCUT2D eigenvalue weighted by Crippen LogP contribution is 2.38. The molecule has 0 amide bonds. The molecule has 0 aliphatic rings. The first-order chi connectivity index (χ1) is 25.7. The molecule has 0 unspecified atom stereocenters. The number of halogens is 8. The number of hydrogen-bond acceptors (Lipinski definition) is 7. The van der Waals surface area contributed by atoms with E-state index in [9.17, 15) is 0 Å². The van der Waals surface area contributed by atoms with Gasteiger partial charge in [-0.25, -0.2) is 0 Å². The van der Waals surface area contributed by atoms with Gasteiger partial charge in [-0.15, -0.1) is 0 Å². The quantitative estimate of drug-likeness (QED) is 0.0706. The maximum Gasteiger partial charge on any atom is 0.120 e. The second-order valence-electron chi connectivity index (χ2n) is 11.3. The summed E-state index contributed by atoms with van der Waals surface area (Å²) >= 11 is 44.9. The summed E-state index contributed by atoms with van der Waals surface area (Å²) in [7, 11) is 1.62. The van der Waals surface area contributed by atoms with Crippen LogP contribution in [0.25, 0.3) is 0 Å². The molecule has 0 bridgehead atoms. The maximum absolute atomic E-state index is 5.65. The fourth-order valence-corrected chi connectivity index (χ4v) is 5.52. The average molecular weight is 906 g/mol. The minimum Gasteiger partial charge on any atom is -0.497 e. The molecule has 0 heterocycles. The Bertz CT molecular complexity index is 1970. The Morgan fingerprint density at radius 3 is 1.33 bits per heavy atom. The Labute approximate surface area is 363 Å². The average Bonchev–Trinajstić information content (AvgIpc) is 3.11. The first-order valence-corrected chi connectivity index (χ1v) is 18.8. The molecule has 0 radical (unpaired) electrons. The number of hydrogen-bond donors (Lipinski definition) is 6. The lowest BCUT2D eigenvalue weighted by Gasteiger charge is -2.04. The Hall–Kier alpha value is -3.76. The van der Waals surface area contributed by atoms with Gasteiger partial charge in [-0.3, -0.25) is 0 Å². The molecule has 55 heavy (non-hydrogen) atoms. The first-order valence-electron chi connectivity index (χ1n) is 15.8. The Balaban J connectivity index is 0.000000331. The predicted molar refractivity (Wildman–Crippen MR) is 246 cm³/mol. The number of anilines is 6. The SMILES string of the molecule is COc1cccc(N)c1.Cc1ccc(N)cc1C.Cc1cccc(N)c1.Nc1c(Cl)c(Cl)cc(Cl)c1Cl.Nc1cc(Cl)cc(Cl)c1.Nc1ccc(Cl)cc1Cl. The lowest BCUT2D eigenvalue weighted by Crippen LogP contribution is -1.88. The van der Waals surface area contributed by atoms with E-state index in [2.05, 4.69) is 13.8 Å². The van der Waals surface area contributed by atoms with Gasteiger partial charge in [-0.2, -0.15) is 0 Å². The predicted octanol–water partition coefficient (Wildman–Crippen LogP) is 13.8. The third kappa shape index (κ3) is 20.1. The zero-order valence-corrected chi connectivity index (χ0v) is 36.3. The molecule has 0 saturated heterocycles. The number of nitrogens with two attached hydrogens (primary N) is 6. The van der Waals surface area contributed by atoms with Crippen LogP contribution in [0, 0.1) is 20.8 Å². The van der Waals surface area contributed by atoms with Crippen LogP contribution in [0.2, 0.25) is 40.2 Å². The molecule has 0 aliphatic carbocycles. The van der Waals surface area contributed by atoms with Gasteiger partial charge in [0.1, 0.15) is 5.75 Å². The Morgan fingerprint density at radius 1 is 0.418 bits per heavy atom. The smallest absolute Gasteiger partial charge is 0.120 e. The normalized spacial score (nSPS) is 9.53. The molecule has 6 aromatic rings. The highest BCUT2D eigenvalue weighted by atomic mass is 35.5. The van der Waals surface area contributed by atoms with Crippen LogP contribution in [-0.2, 0) is 0 Å². The van der Waals surface area contributed by atoms with Gasteiger partial charge in [-0.1, -0.05) is 117 Å². The number of benzene rings is 6. The van der Waals surface area contributed by atoms with Gasteiger partial charge in [0.15, 0.2) is 0 Å². The van der Waals surface area contributed by atoms with Crippen molar-refractivity contribution in [1.29, 1.82) is 0 Å². The fourth-order valence-electron chi connectivity index (χ4n) is 3.74. The van der Waals surface area contributed by atoms with Crippen molar-refractivity contribution in [2.75, 3.05) is 41.5 Å². The second-order valence-corrected chi connectivity index (χ2v) is 14.6. The highest BCUT2D eigenvalue weighted by Gasteiger charge is 2.10. The second kappa shape index (κ2) is 25.4. The lowest BCUT2D eigenvalue weighted by atomic mass is 10.1. The summed E-state index contributed by atoms with van der Waals surface area (Å²) in [5.41, 5.74) is 40.2. The summed E-state index contributed by atoms with van der Waals surface area (Å²) in [6.07, 6.45) is 0. The molecular formula is C40H42Cl8N6O. The van der Waals surface area contributed by atoms with E-state index < -0.39 is 0 Å². The number of ether oxygens (including phenoxy) is 1. The molecule has 0 saturated carbocycles. The third-order valence-corrected chi connectivity index (χ3v) is 9.26. The van der Waals surface area contributed by atoms with Gasteiger partial charge in [-0.05, 0) is 116 Å². The van der Waals surface area contributed by atoms with E-state index in [1.807, 2.05) is 67.6 Å². The summed E-state index contributed by atoms with van der Waals surface area (Å²) in [6.45, 7) is 6.16. The van der Waals surface area contributed by atoms with Crippen LogP contribution in [0.4, 0.5) is 34.1 Å². The van der Waals surface area contributed by atoms with E-state index in [1.165, 1.54) is 22.8 Å². The van der Waals surface area contributed by atoms with Crippen molar-refractivity contribution in [2.24, 2.45) is 0 Å². The molecule has 15 heteroatoms. The van der Waals surface area contributed by atoms with Crippen molar-refractivity contribution in [2.45, 2.75) is 20.8 Å². The Kier molecular flexibility index (Phi) is 22.8. The van der Waals surface area contributed by atoms with Crippen molar-refractivity contribution in [3.8, 4) is 5.75 Å². The van der Waals surface area contributed by atoms with Crippen LogP contribution in [0.1, 0.15) is 16.7 Å². The van der Waals surface area contributed by atoms with Crippen LogP contribution in [0.3, 0.4) is 0 Å². The van der Waals surface area contributed by atoms with Gasteiger partial charge in [0.25, 0.3) is 0 Å². The third-order valence-electron chi connectivity index (χ3n) is 6.66. The van der Waals surface area contributed by atoms with Gasteiger partial charge in [0.05, 0.1) is 43.6 Å². The molecule has 12 N–H and O–H groups in total. The van der Waals surface area contributed by atoms with Gasteiger partial charge in [0.2, 0.25) is 0 Å². The molecule has 0 fully saturated rings. The largest absolute Gasteiger partial charge is 0.497 e. The van der Waals surface area contributed by atoms with Crippen molar-refractivity contribution in [3.05, 3.63) is 166 Å². The molecule has 0 aliphatic heterocycles. The molecule has 7 nitrogen and oxygen atoms in total. The monoisotopic (exact) mass is 902 g/mol. The zero-order chi connectivity index (χ0) is 41.8. The maximum atomic E-state index is 5.65. The topological polar surface area (TPSA) is 165 Å². The summed E-state index contributed by atoms with van der Waals surface area (Å²) < 4.78 is 4.92. The first kappa shape index (κ1) is 49.3. The number of rotatable bonds is 1. The van der Waals surface area contributed by atoms with Gasteiger partial charge >= 0.3 is 0 Å². The Morgan fingerprint density at radius 2 is 0.945 bits per heavy atom. The molecular weight excluding hydrogens is 864 g/mol. The molecule has 6 aromatic carbocycles. The van der Waals surface area contributed by atoms with Crippen molar-refractivity contribution in [3.63, 3.8) is 0 Å². The van der Waals surface area contributed by atoms with E-state index in [4.69, 9.17) is 132 Å². The van der Waals surface area contributed by atoms with E-state index in [0.717, 1.165) is 22.8 Å². The van der Waals surface area contributed by atoms with Crippen LogP contribution in [-0.4, -0.2) is 7.11 Å². The summed E-state index contributed by atoms with van der Waals surface area (Å²) in [5, 5.41) is 3.33. The van der Waals surface area contributed by atoms with Crippen molar-refractivity contribution < 1.29 is 4.74 Å². The molecule has 0 aromatic heterocycles. The van der Waals surface area contributed by atoms with E-state index in [0.29, 0.717) is 41.5 Å². The van der Waals surface area contributed by atoms with E-state index in [-0.39, 0.29) is 15.7 Å². The summed E-state index contributed by atoms with van der Waals surface area (Å²) in [6, 6.07) is 32.4. The van der Waals surface area contributed by atoms with Crippen LogP contribution < -0.4 is 39.1 Å². The van der Waals surface area contributed by atoms with Crippen molar-refractivity contribution in [1.82, 2.24) is 0 Å².